The molecule has 0 fully saturated rings. The number of aromatic nitrogens is 2. The Balaban J connectivity index is 2.29. The first-order valence-electron chi connectivity index (χ1n) is 6.24. The SMILES string of the molecule is Cc1nc(Cl)nc(-c2ccc3ccccc3c2)c1[N+](=O)[O-]. The molecule has 5 nitrogen and oxygen atoms in total. The molecule has 0 aliphatic heterocycles. The smallest absolute Gasteiger partial charge is 0.258 e. The highest BCUT2D eigenvalue weighted by Crippen LogP contribution is 2.32. The summed E-state index contributed by atoms with van der Waals surface area (Å²) in [6, 6.07) is 13.3. The molecule has 104 valence electrons. The van der Waals surface area contributed by atoms with E-state index in [1.165, 1.54) is 0 Å². The molecule has 3 rings (SSSR count). The zero-order valence-electron chi connectivity index (χ0n) is 11.1. The Hall–Kier alpha value is -2.53. The van der Waals surface area contributed by atoms with Crippen molar-refractivity contribution in [1.29, 1.82) is 0 Å². The third kappa shape index (κ3) is 2.43. The molecule has 0 N–H and O–H groups in total. The lowest BCUT2D eigenvalue weighted by molar-refractivity contribution is -0.385. The molecule has 0 atom stereocenters. The molecule has 0 bridgehead atoms. The van der Waals surface area contributed by atoms with Gasteiger partial charge in [0.05, 0.1) is 4.92 Å². The molecule has 0 radical (unpaired) electrons. The highest BCUT2D eigenvalue weighted by Gasteiger charge is 2.22. The number of nitrogens with zero attached hydrogens (tertiary/aromatic N) is 3. The van der Waals surface area contributed by atoms with E-state index in [-0.39, 0.29) is 22.4 Å². The summed E-state index contributed by atoms with van der Waals surface area (Å²) in [5, 5.41) is 13.3. The molecule has 21 heavy (non-hydrogen) atoms. The second kappa shape index (κ2) is 5.10. The van der Waals surface area contributed by atoms with Gasteiger partial charge >= 0.3 is 5.69 Å². The number of rotatable bonds is 2. The minimum Gasteiger partial charge on any atom is -0.258 e. The van der Waals surface area contributed by atoms with E-state index in [4.69, 9.17) is 11.6 Å². The Morgan fingerprint density at radius 2 is 1.81 bits per heavy atom. The topological polar surface area (TPSA) is 68.9 Å². The van der Waals surface area contributed by atoms with Crippen LogP contribution in [0, 0.1) is 17.0 Å². The molecule has 1 heterocycles. The van der Waals surface area contributed by atoms with Gasteiger partial charge in [0, 0.05) is 5.56 Å². The van der Waals surface area contributed by atoms with Crippen LogP contribution in [-0.4, -0.2) is 14.9 Å². The van der Waals surface area contributed by atoms with Crippen LogP contribution in [0.4, 0.5) is 5.69 Å². The number of nitro groups is 1. The molecule has 0 unspecified atom stereocenters. The fourth-order valence-corrected chi connectivity index (χ4v) is 2.50. The summed E-state index contributed by atoms with van der Waals surface area (Å²) < 4.78 is 0. The van der Waals surface area contributed by atoms with Gasteiger partial charge in [-0.15, -0.1) is 0 Å². The predicted octanol–water partition coefficient (Wildman–Crippen LogP) is 4.17. The highest BCUT2D eigenvalue weighted by molar-refractivity contribution is 6.28. The lowest BCUT2D eigenvalue weighted by atomic mass is 10.0. The molecule has 1 aromatic heterocycles. The van der Waals surface area contributed by atoms with Crippen molar-refractivity contribution in [2.45, 2.75) is 6.92 Å². The molecule has 3 aromatic rings. The zero-order valence-corrected chi connectivity index (χ0v) is 11.8. The zero-order chi connectivity index (χ0) is 15.0. The van der Waals surface area contributed by atoms with Gasteiger partial charge in [-0.1, -0.05) is 36.4 Å². The molecular formula is C15H10ClN3O2. The lowest BCUT2D eigenvalue weighted by Crippen LogP contribution is -2.01. The van der Waals surface area contributed by atoms with Gasteiger partial charge < -0.3 is 0 Å². The van der Waals surface area contributed by atoms with Crippen molar-refractivity contribution in [3.63, 3.8) is 0 Å². The Labute approximate surface area is 125 Å². The van der Waals surface area contributed by atoms with Gasteiger partial charge in [-0.25, -0.2) is 9.97 Å². The van der Waals surface area contributed by atoms with E-state index < -0.39 is 4.92 Å². The van der Waals surface area contributed by atoms with E-state index in [0.717, 1.165) is 10.8 Å². The van der Waals surface area contributed by atoms with E-state index in [1.54, 1.807) is 13.0 Å². The predicted molar refractivity (Wildman–Crippen MR) is 81.4 cm³/mol. The third-order valence-corrected chi connectivity index (χ3v) is 3.41. The van der Waals surface area contributed by atoms with Gasteiger partial charge in [0.1, 0.15) is 5.69 Å². The van der Waals surface area contributed by atoms with Crippen molar-refractivity contribution in [3.05, 3.63) is 63.6 Å². The average molecular weight is 300 g/mol. The molecule has 0 aliphatic carbocycles. The van der Waals surface area contributed by atoms with E-state index in [9.17, 15) is 10.1 Å². The minimum absolute atomic E-state index is 0.00117. The van der Waals surface area contributed by atoms with Crippen LogP contribution < -0.4 is 0 Å². The number of halogens is 1. The summed E-state index contributed by atoms with van der Waals surface area (Å²) in [6.45, 7) is 1.55. The van der Waals surface area contributed by atoms with Crippen LogP contribution in [0.3, 0.4) is 0 Å². The number of aryl methyl sites for hydroxylation is 1. The van der Waals surface area contributed by atoms with Crippen molar-refractivity contribution < 1.29 is 4.92 Å². The average Bonchev–Trinajstić information content (AvgIpc) is 2.45. The second-order valence-corrected chi connectivity index (χ2v) is 4.93. The molecule has 0 saturated heterocycles. The monoisotopic (exact) mass is 299 g/mol. The van der Waals surface area contributed by atoms with Crippen molar-refractivity contribution in [2.24, 2.45) is 0 Å². The van der Waals surface area contributed by atoms with Crippen molar-refractivity contribution in [2.75, 3.05) is 0 Å². The van der Waals surface area contributed by atoms with Crippen molar-refractivity contribution >= 4 is 28.1 Å². The number of hydrogen-bond acceptors (Lipinski definition) is 4. The quantitative estimate of drug-likeness (QED) is 0.404. The maximum absolute atomic E-state index is 11.3. The van der Waals surface area contributed by atoms with E-state index >= 15 is 0 Å². The van der Waals surface area contributed by atoms with Gasteiger partial charge in [-0.3, -0.25) is 10.1 Å². The Bertz CT molecular complexity index is 865. The third-order valence-electron chi connectivity index (χ3n) is 3.24. The Morgan fingerprint density at radius 3 is 2.52 bits per heavy atom. The summed E-state index contributed by atoms with van der Waals surface area (Å²) in [7, 11) is 0. The van der Waals surface area contributed by atoms with Gasteiger partial charge in [0.2, 0.25) is 5.28 Å². The van der Waals surface area contributed by atoms with Crippen LogP contribution in [0.1, 0.15) is 5.69 Å². The highest BCUT2D eigenvalue weighted by atomic mass is 35.5. The number of fused-ring (bicyclic) bond motifs is 1. The first-order chi connectivity index (χ1) is 10.1. The molecule has 6 heteroatoms. The van der Waals surface area contributed by atoms with Crippen LogP contribution >= 0.6 is 11.6 Å². The second-order valence-electron chi connectivity index (χ2n) is 4.59. The summed E-state index contributed by atoms with van der Waals surface area (Å²) in [5.41, 5.74) is 1.02. The number of hydrogen-bond donors (Lipinski definition) is 0. The summed E-state index contributed by atoms with van der Waals surface area (Å²) >= 11 is 5.85. The molecule has 0 aliphatic rings. The molecule has 0 amide bonds. The minimum atomic E-state index is -0.476. The van der Waals surface area contributed by atoms with Crippen LogP contribution in [0.15, 0.2) is 42.5 Å². The van der Waals surface area contributed by atoms with Gasteiger partial charge in [0.25, 0.3) is 0 Å². The van der Waals surface area contributed by atoms with E-state index in [0.29, 0.717) is 5.56 Å². The van der Waals surface area contributed by atoms with Gasteiger partial charge in [0.15, 0.2) is 5.69 Å². The first kappa shape index (κ1) is 13.5. The molecular weight excluding hydrogens is 290 g/mol. The molecule has 0 saturated carbocycles. The van der Waals surface area contributed by atoms with Crippen molar-refractivity contribution in [3.8, 4) is 11.3 Å². The fraction of sp³-hybridized carbons (Fsp3) is 0.0667. The fourth-order valence-electron chi connectivity index (χ4n) is 2.29. The van der Waals surface area contributed by atoms with E-state index in [2.05, 4.69) is 9.97 Å². The summed E-state index contributed by atoms with van der Waals surface area (Å²) in [4.78, 5) is 18.7. The maximum atomic E-state index is 11.3. The standard InChI is InChI=1S/C15H10ClN3O2/c1-9-14(19(20)21)13(18-15(16)17-9)12-7-6-10-4-2-3-5-11(10)8-12/h2-8H,1H3. The summed E-state index contributed by atoms with van der Waals surface area (Å²) in [5.74, 6) is 0. The first-order valence-corrected chi connectivity index (χ1v) is 6.62. The number of benzene rings is 2. The Morgan fingerprint density at radius 1 is 1.10 bits per heavy atom. The lowest BCUT2D eigenvalue weighted by Gasteiger charge is -2.06. The normalized spacial score (nSPS) is 10.8. The van der Waals surface area contributed by atoms with Crippen LogP contribution in [0.25, 0.3) is 22.0 Å². The Kier molecular flexibility index (Phi) is 3.27. The van der Waals surface area contributed by atoms with Gasteiger partial charge in [-0.05, 0) is 35.4 Å². The van der Waals surface area contributed by atoms with E-state index in [1.807, 2.05) is 36.4 Å². The van der Waals surface area contributed by atoms with Crippen LogP contribution in [0.2, 0.25) is 5.28 Å². The van der Waals surface area contributed by atoms with Crippen LogP contribution in [0.5, 0.6) is 0 Å². The maximum Gasteiger partial charge on any atom is 0.316 e. The van der Waals surface area contributed by atoms with Crippen molar-refractivity contribution in [1.82, 2.24) is 9.97 Å². The molecule has 2 aromatic carbocycles. The van der Waals surface area contributed by atoms with Crippen LogP contribution in [-0.2, 0) is 0 Å². The largest absolute Gasteiger partial charge is 0.316 e. The van der Waals surface area contributed by atoms with Gasteiger partial charge in [-0.2, -0.15) is 0 Å². The molecule has 0 spiro atoms. The summed E-state index contributed by atoms with van der Waals surface area (Å²) in [6.07, 6.45) is 0.